The fourth-order valence-electron chi connectivity index (χ4n) is 4.09. The van der Waals surface area contributed by atoms with Crippen LogP contribution in [0.2, 0.25) is 0 Å². The molecule has 0 aliphatic carbocycles. The summed E-state index contributed by atoms with van der Waals surface area (Å²) in [6.07, 6.45) is 1.90. The van der Waals surface area contributed by atoms with Gasteiger partial charge >= 0.3 is 5.97 Å². The summed E-state index contributed by atoms with van der Waals surface area (Å²) in [4.78, 5) is 41.6. The van der Waals surface area contributed by atoms with E-state index >= 15 is 0 Å². The third kappa shape index (κ3) is 6.41. The van der Waals surface area contributed by atoms with Gasteiger partial charge < -0.3 is 20.4 Å². The molecule has 0 saturated heterocycles. The van der Waals surface area contributed by atoms with Gasteiger partial charge in [0.2, 0.25) is 0 Å². The summed E-state index contributed by atoms with van der Waals surface area (Å²) in [7, 11) is 0. The molecule has 4 rings (SSSR count). The first-order valence-corrected chi connectivity index (χ1v) is 12.0. The molecule has 0 aliphatic rings. The predicted molar refractivity (Wildman–Crippen MR) is 140 cm³/mol. The Hall–Kier alpha value is -4.46. The summed E-state index contributed by atoms with van der Waals surface area (Å²) >= 11 is 0. The van der Waals surface area contributed by atoms with Gasteiger partial charge in [-0.15, -0.1) is 0 Å². The van der Waals surface area contributed by atoms with Crippen molar-refractivity contribution >= 4 is 34.4 Å². The predicted octanol–water partition coefficient (Wildman–Crippen LogP) is 4.95. The standard InChI is InChI=1S/C29H28FN3O4/c1-18(2)22-7-3-6-10-25(22)32-27(34)17-37-29(36)26(33-28(35)19-11-13-21(30)14-12-19)15-20-16-31-24-9-5-4-8-23(20)24/h3-14,16,18,26,31H,15,17H2,1-2H3,(H,32,34)(H,33,35)/t26-/m0/s1. The van der Waals surface area contributed by atoms with Crippen molar-refractivity contribution in [2.45, 2.75) is 32.2 Å². The van der Waals surface area contributed by atoms with E-state index in [0.717, 1.165) is 22.0 Å². The molecule has 1 heterocycles. The number of rotatable bonds is 9. The zero-order chi connectivity index (χ0) is 26.4. The molecule has 1 aromatic heterocycles. The second-order valence-corrected chi connectivity index (χ2v) is 8.99. The van der Waals surface area contributed by atoms with Crippen molar-refractivity contribution < 1.29 is 23.5 Å². The van der Waals surface area contributed by atoms with E-state index in [-0.39, 0.29) is 17.9 Å². The third-order valence-electron chi connectivity index (χ3n) is 6.00. The molecule has 7 nitrogen and oxygen atoms in total. The summed E-state index contributed by atoms with van der Waals surface area (Å²) in [5.74, 6) is -2.08. The number of anilines is 1. The quantitative estimate of drug-likeness (QED) is 0.283. The van der Waals surface area contributed by atoms with Crippen LogP contribution >= 0.6 is 0 Å². The number of carbonyl (C=O) groups is 3. The van der Waals surface area contributed by atoms with Crippen molar-refractivity contribution in [2.24, 2.45) is 0 Å². The number of hydrogen-bond acceptors (Lipinski definition) is 4. The molecule has 2 amide bonds. The third-order valence-corrected chi connectivity index (χ3v) is 6.00. The maximum Gasteiger partial charge on any atom is 0.329 e. The number of ether oxygens (including phenoxy) is 1. The monoisotopic (exact) mass is 501 g/mol. The molecule has 0 saturated carbocycles. The number of hydrogen-bond donors (Lipinski definition) is 3. The number of fused-ring (bicyclic) bond motifs is 1. The molecule has 37 heavy (non-hydrogen) atoms. The highest BCUT2D eigenvalue weighted by Gasteiger charge is 2.25. The SMILES string of the molecule is CC(C)c1ccccc1NC(=O)COC(=O)[C@H](Cc1c[nH]c2ccccc12)NC(=O)c1ccc(F)cc1. The van der Waals surface area contributed by atoms with E-state index in [0.29, 0.717) is 5.69 Å². The molecule has 4 aromatic rings. The Kier molecular flexibility index (Phi) is 7.98. The zero-order valence-corrected chi connectivity index (χ0v) is 20.6. The maximum absolute atomic E-state index is 13.3. The molecule has 190 valence electrons. The number of H-pyrrole nitrogens is 1. The molecule has 1 atom stereocenters. The molecule has 8 heteroatoms. The summed E-state index contributed by atoms with van der Waals surface area (Å²) in [5, 5.41) is 6.36. The van der Waals surface area contributed by atoms with Crippen LogP contribution in [-0.4, -0.2) is 35.4 Å². The van der Waals surface area contributed by atoms with Gasteiger partial charge in [0.05, 0.1) is 0 Å². The minimum Gasteiger partial charge on any atom is -0.454 e. The van der Waals surface area contributed by atoms with Crippen LogP contribution in [0.4, 0.5) is 10.1 Å². The molecule has 0 fully saturated rings. The second kappa shape index (κ2) is 11.5. The minimum atomic E-state index is -1.08. The maximum atomic E-state index is 13.3. The Morgan fingerprint density at radius 3 is 2.41 bits per heavy atom. The lowest BCUT2D eigenvalue weighted by Gasteiger charge is -2.18. The summed E-state index contributed by atoms with van der Waals surface area (Å²) in [6.45, 7) is 3.52. The van der Waals surface area contributed by atoms with Crippen LogP contribution in [0.1, 0.15) is 41.3 Å². The van der Waals surface area contributed by atoms with Crippen LogP contribution in [0.3, 0.4) is 0 Å². The smallest absolute Gasteiger partial charge is 0.329 e. The van der Waals surface area contributed by atoms with Gasteiger partial charge in [0.1, 0.15) is 11.9 Å². The van der Waals surface area contributed by atoms with E-state index in [2.05, 4.69) is 15.6 Å². The van der Waals surface area contributed by atoms with Crippen LogP contribution < -0.4 is 10.6 Å². The van der Waals surface area contributed by atoms with E-state index in [9.17, 15) is 18.8 Å². The van der Waals surface area contributed by atoms with Crippen molar-refractivity contribution in [3.63, 3.8) is 0 Å². The average molecular weight is 502 g/mol. The summed E-state index contributed by atoms with van der Waals surface area (Å²) in [5.41, 5.74) is 3.50. The molecule has 0 aliphatic heterocycles. The highest BCUT2D eigenvalue weighted by Crippen LogP contribution is 2.24. The van der Waals surface area contributed by atoms with Crippen molar-refractivity contribution in [2.75, 3.05) is 11.9 Å². The molecule has 0 unspecified atom stereocenters. The number of para-hydroxylation sites is 2. The minimum absolute atomic E-state index is 0.133. The molecular weight excluding hydrogens is 473 g/mol. The topological polar surface area (TPSA) is 100 Å². The molecular formula is C29H28FN3O4. The fraction of sp³-hybridized carbons (Fsp3) is 0.207. The van der Waals surface area contributed by atoms with E-state index in [1.165, 1.54) is 24.3 Å². The Labute approximate surface area is 214 Å². The first-order valence-electron chi connectivity index (χ1n) is 12.0. The van der Waals surface area contributed by atoms with Gasteiger partial charge in [0.25, 0.3) is 11.8 Å². The second-order valence-electron chi connectivity index (χ2n) is 8.99. The Morgan fingerprint density at radius 2 is 1.65 bits per heavy atom. The van der Waals surface area contributed by atoms with Gasteiger partial charge in [-0.1, -0.05) is 50.2 Å². The van der Waals surface area contributed by atoms with Gasteiger partial charge in [-0.25, -0.2) is 9.18 Å². The first kappa shape index (κ1) is 25.6. The van der Waals surface area contributed by atoms with Crippen LogP contribution in [-0.2, 0) is 20.7 Å². The van der Waals surface area contributed by atoms with Gasteiger partial charge in [0.15, 0.2) is 6.61 Å². The Balaban J connectivity index is 1.47. The number of esters is 1. The molecule has 3 aromatic carbocycles. The van der Waals surface area contributed by atoms with Crippen molar-refractivity contribution in [3.8, 4) is 0 Å². The van der Waals surface area contributed by atoms with Crippen molar-refractivity contribution in [1.82, 2.24) is 10.3 Å². The van der Waals surface area contributed by atoms with Gasteiger partial charge in [-0.05, 0) is 53.4 Å². The first-order chi connectivity index (χ1) is 17.8. The number of benzene rings is 3. The van der Waals surface area contributed by atoms with Gasteiger partial charge in [0, 0.05) is 34.8 Å². The number of amides is 2. The van der Waals surface area contributed by atoms with E-state index in [1.807, 2.05) is 56.3 Å². The lowest BCUT2D eigenvalue weighted by Crippen LogP contribution is -2.44. The Bertz CT molecular complexity index is 1410. The highest BCUT2D eigenvalue weighted by atomic mass is 19.1. The van der Waals surface area contributed by atoms with E-state index < -0.39 is 36.2 Å². The number of halogens is 1. The summed E-state index contributed by atoms with van der Waals surface area (Å²) in [6, 6.07) is 18.9. The lowest BCUT2D eigenvalue weighted by atomic mass is 10.0. The Morgan fingerprint density at radius 1 is 0.946 bits per heavy atom. The number of nitrogens with one attached hydrogen (secondary N) is 3. The molecule has 3 N–H and O–H groups in total. The van der Waals surface area contributed by atoms with Crippen molar-refractivity contribution in [3.05, 3.63) is 102 Å². The highest BCUT2D eigenvalue weighted by molar-refractivity contribution is 5.98. The molecule has 0 bridgehead atoms. The fourth-order valence-corrected chi connectivity index (χ4v) is 4.09. The number of aromatic nitrogens is 1. The van der Waals surface area contributed by atoms with E-state index in [4.69, 9.17) is 4.74 Å². The molecule has 0 radical (unpaired) electrons. The summed E-state index contributed by atoms with van der Waals surface area (Å²) < 4.78 is 18.6. The average Bonchev–Trinajstić information content (AvgIpc) is 3.30. The van der Waals surface area contributed by atoms with Crippen molar-refractivity contribution in [1.29, 1.82) is 0 Å². The van der Waals surface area contributed by atoms with Crippen LogP contribution in [0.25, 0.3) is 10.9 Å². The van der Waals surface area contributed by atoms with Crippen LogP contribution in [0.5, 0.6) is 0 Å². The van der Waals surface area contributed by atoms with E-state index in [1.54, 1.807) is 12.3 Å². The normalized spacial score (nSPS) is 11.8. The van der Waals surface area contributed by atoms with Gasteiger partial charge in [-0.2, -0.15) is 0 Å². The number of aromatic amines is 1. The number of carbonyl (C=O) groups excluding carboxylic acids is 3. The van der Waals surface area contributed by atoms with Crippen LogP contribution in [0.15, 0.2) is 79.0 Å². The largest absolute Gasteiger partial charge is 0.454 e. The lowest BCUT2D eigenvalue weighted by molar-refractivity contribution is -0.149. The van der Waals surface area contributed by atoms with Crippen LogP contribution in [0, 0.1) is 5.82 Å². The molecule has 0 spiro atoms. The zero-order valence-electron chi connectivity index (χ0n) is 20.6. The van der Waals surface area contributed by atoms with Gasteiger partial charge in [-0.3, -0.25) is 9.59 Å².